The number of rotatable bonds is 5. The van der Waals surface area contributed by atoms with Crippen molar-refractivity contribution < 1.29 is 51.1 Å². The maximum Gasteiger partial charge on any atom is 0.426 e. The number of hydrogen-bond acceptors (Lipinski definition) is 8. The third kappa shape index (κ3) is 7.79. The van der Waals surface area contributed by atoms with Crippen molar-refractivity contribution in [3.8, 4) is 12.1 Å². The van der Waals surface area contributed by atoms with E-state index in [2.05, 4.69) is 0 Å². The van der Waals surface area contributed by atoms with E-state index in [0.717, 1.165) is 30.3 Å². The first kappa shape index (κ1) is 33.6. The van der Waals surface area contributed by atoms with Gasteiger partial charge < -0.3 is 20.8 Å². The van der Waals surface area contributed by atoms with E-state index < -0.39 is 46.0 Å². The number of nitrogens with one attached hydrogen (secondary N) is 2. The van der Waals surface area contributed by atoms with E-state index in [1.165, 1.54) is 6.07 Å². The van der Waals surface area contributed by atoms with E-state index in [-0.39, 0.29) is 34.4 Å². The maximum absolute atomic E-state index is 12.4. The lowest BCUT2D eigenvalue weighted by Gasteiger charge is -2.24. The van der Waals surface area contributed by atoms with E-state index in [1.807, 2.05) is 5.32 Å². The summed E-state index contributed by atoms with van der Waals surface area (Å²) in [6, 6.07) is 9.58. The van der Waals surface area contributed by atoms with E-state index >= 15 is 0 Å². The van der Waals surface area contributed by atoms with Crippen molar-refractivity contribution in [1.29, 1.82) is 10.5 Å². The van der Waals surface area contributed by atoms with Crippen LogP contribution in [0, 0.1) is 32.8 Å². The highest BCUT2D eigenvalue weighted by Crippen LogP contribution is 2.33. The zero-order valence-electron chi connectivity index (χ0n) is 20.0. The van der Waals surface area contributed by atoms with Crippen LogP contribution >= 0.6 is 11.6 Å². The number of hydrogen-bond donors (Lipinski definition) is 4. The number of carbonyl (C=O) groups excluding carboxylic acids is 2. The van der Waals surface area contributed by atoms with E-state index in [0.29, 0.717) is 6.92 Å². The summed E-state index contributed by atoms with van der Waals surface area (Å²) in [5.41, 5.74) is -8.04. The molecule has 0 radical (unpaired) electrons. The van der Waals surface area contributed by atoms with Gasteiger partial charge in [-0.25, -0.2) is 0 Å². The number of amides is 2. The number of alkyl halides is 6. The van der Waals surface area contributed by atoms with Crippen molar-refractivity contribution in [2.45, 2.75) is 37.4 Å². The molecule has 0 heterocycles. The predicted octanol–water partition coefficient (Wildman–Crippen LogP) is 4.18. The number of nitro benzene ring substituents is 1. The Hall–Kier alpha value is -4.45. The Bertz CT molecular complexity index is 1400. The van der Waals surface area contributed by atoms with E-state index in [1.54, 1.807) is 17.5 Å². The Morgan fingerprint density at radius 3 is 1.60 bits per heavy atom. The molecule has 0 aliphatic rings. The summed E-state index contributed by atoms with van der Waals surface area (Å²) in [4.78, 5) is 32.5. The fourth-order valence-corrected chi connectivity index (χ4v) is 2.56. The van der Waals surface area contributed by atoms with Crippen LogP contribution in [0.15, 0.2) is 36.4 Å². The van der Waals surface area contributed by atoms with Gasteiger partial charge in [0.05, 0.1) is 16.1 Å². The van der Waals surface area contributed by atoms with Gasteiger partial charge in [0.2, 0.25) is 11.2 Å². The molecule has 18 heteroatoms. The Morgan fingerprint density at radius 1 is 0.850 bits per heavy atom. The molecular weight excluding hydrogens is 580 g/mol. The van der Waals surface area contributed by atoms with Gasteiger partial charge in [0.15, 0.2) is 0 Å². The average molecular weight is 596 g/mol. The zero-order chi connectivity index (χ0) is 31.3. The number of nitriles is 2. The van der Waals surface area contributed by atoms with Crippen LogP contribution in [0.3, 0.4) is 0 Å². The van der Waals surface area contributed by atoms with Crippen LogP contribution in [0.2, 0.25) is 5.02 Å². The third-order valence-electron chi connectivity index (χ3n) is 4.91. The van der Waals surface area contributed by atoms with Gasteiger partial charge in [-0.2, -0.15) is 36.9 Å². The molecule has 2 amide bonds. The molecule has 4 N–H and O–H groups in total. The van der Waals surface area contributed by atoms with Crippen molar-refractivity contribution in [3.05, 3.63) is 62.7 Å². The lowest BCUT2D eigenvalue weighted by Crippen LogP contribution is -2.52. The number of nitro groups is 1. The van der Waals surface area contributed by atoms with E-state index in [4.69, 9.17) is 32.3 Å². The fourth-order valence-electron chi connectivity index (χ4n) is 2.31. The van der Waals surface area contributed by atoms with Gasteiger partial charge in [0, 0.05) is 17.4 Å². The molecule has 2 rings (SSSR count). The molecule has 214 valence electrons. The molecule has 2 atom stereocenters. The number of halogens is 7. The minimum absolute atomic E-state index is 0.0214. The molecule has 0 bridgehead atoms. The predicted molar refractivity (Wildman–Crippen MR) is 125 cm³/mol. The molecule has 0 aromatic heterocycles. The first-order chi connectivity index (χ1) is 18.1. The lowest BCUT2D eigenvalue weighted by molar-refractivity contribution is -0.384. The lowest BCUT2D eigenvalue weighted by atomic mass is 10.0. The van der Waals surface area contributed by atoms with Gasteiger partial charge >= 0.3 is 12.4 Å². The van der Waals surface area contributed by atoms with Crippen molar-refractivity contribution >= 4 is 40.5 Å². The first-order valence-electron chi connectivity index (χ1n) is 10.2. The molecule has 0 saturated carbocycles. The summed E-state index contributed by atoms with van der Waals surface area (Å²) >= 11 is 5.53. The first-order valence-corrected chi connectivity index (χ1v) is 10.6. The summed E-state index contributed by atoms with van der Waals surface area (Å²) in [7, 11) is 0. The van der Waals surface area contributed by atoms with Gasteiger partial charge in [-0.1, -0.05) is 11.6 Å². The highest BCUT2D eigenvalue weighted by atomic mass is 35.5. The topological polar surface area (TPSA) is 189 Å². The normalized spacial score (nSPS) is 14.1. The smallest absolute Gasteiger partial charge is 0.373 e. The Morgan fingerprint density at radius 2 is 1.25 bits per heavy atom. The average Bonchev–Trinajstić information content (AvgIpc) is 2.82. The number of carbonyl (C=O) groups is 2. The fraction of sp³-hybridized carbons (Fsp3) is 0.273. The van der Waals surface area contributed by atoms with Gasteiger partial charge in [0.1, 0.15) is 17.2 Å². The minimum atomic E-state index is -5.17. The van der Waals surface area contributed by atoms with Crippen LogP contribution in [-0.4, -0.2) is 50.5 Å². The molecule has 2 aromatic rings. The summed E-state index contributed by atoms with van der Waals surface area (Å²) in [6.07, 6.45) is -10.3. The van der Waals surface area contributed by atoms with Gasteiger partial charge in [0.25, 0.3) is 17.5 Å². The molecular formula is C22H16ClF6N5O6. The zero-order valence-corrected chi connectivity index (χ0v) is 20.7. The molecule has 2 unspecified atom stereocenters. The van der Waals surface area contributed by atoms with Gasteiger partial charge in [-0.15, -0.1) is 0 Å². The number of nitrogens with zero attached hydrogens (tertiary/aromatic N) is 3. The highest BCUT2D eigenvalue weighted by Gasteiger charge is 2.56. The van der Waals surface area contributed by atoms with Crippen molar-refractivity contribution in [1.82, 2.24) is 0 Å². The minimum Gasteiger partial charge on any atom is -0.373 e. The largest absolute Gasteiger partial charge is 0.426 e. The molecule has 0 fully saturated rings. The van der Waals surface area contributed by atoms with Gasteiger partial charge in [-0.3, -0.25) is 19.7 Å². The Kier molecular flexibility index (Phi) is 10.2. The molecule has 2 aromatic carbocycles. The quantitative estimate of drug-likeness (QED) is 0.225. The Balaban J connectivity index is 0.000000400. The van der Waals surface area contributed by atoms with Crippen LogP contribution in [0.4, 0.5) is 43.4 Å². The van der Waals surface area contributed by atoms with Crippen LogP contribution in [0.25, 0.3) is 0 Å². The number of benzene rings is 2. The highest BCUT2D eigenvalue weighted by molar-refractivity contribution is 6.33. The summed E-state index contributed by atoms with van der Waals surface area (Å²) in [5.74, 6) is -3.41. The van der Waals surface area contributed by atoms with Crippen LogP contribution in [0.1, 0.15) is 25.0 Å². The second-order valence-electron chi connectivity index (χ2n) is 7.96. The number of anilines is 2. The maximum atomic E-state index is 12.4. The molecule has 0 aliphatic carbocycles. The summed E-state index contributed by atoms with van der Waals surface area (Å²) < 4.78 is 74.6. The molecule has 0 aliphatic heterocycles. The molecule has 0 saturated heterocycles. The summed E-state index contributed by atoms with van der Waals surface area (Å²) in [5, 5.41) is 49.5. The second kappa shape index (κ2) is 12.2. The third-order valence-corrected chi connectivity index (χ3v) is 5.21. The molecule has 11 nitrogen and oxygen atoms in total. The second-order valence-corrected chi connectivity index (χ2v) is 8.36. The van der Waals surface area contributed by atoms with Crippen LogP contribution < -0.4 is 10.6 Å². The SMILES string of the molecule is CC(O)(C(=O)Nc1ccc(C#N)c(C#N)c1)C(F)(F)F.CC(O)(C(=O)Nc1ccc([N+](=O)[O-])c(Cl)c1)C(F)(F)F. The van der Waals surface area contributed by atoms with Gasteiger partial charge in [-0.05, 0) is 44.2 Å². The van der Waals surface area contributed by atoms with E-state index in [9.17, 15) is 46.0 Å². The monoisotopic (exact) mass is 595 g/mol. The summed E-state index contributed by atoms with van der Waals surface area (Å²) in [6.45, 7) is 0.604. The standard InChI is InChI=1S/C12H8F3N3O2.C10H8ClF3N2O4/c1-11(20,12(13,14)15)10(19)18-9-3-2-7(5-16)8(4-9)6-17;1-9(18,10(12,13)14)8(17)15-5-2-3-7(16(19)20)6(11)4-5/h2-4,20H,1H3,(H,18,19);2-4,18H,1H3,(H,15,17). The Labute approximate surface area is 225 Å². The van der Waals surface area contributed by atoms with Crippen LogP contribution in [0.5, 0.6) is 0 Å². The molecule has 0 spiro atoms. The van der Waals surface area contributed by atoms with Crippen molar-refractivity contribution in [3.63, 3.8) is 0 Å². The number of aliphatic hydroxyl groups is 2. The van der Waals surface area contributed by atoms with Crippen molar-refractivity contribution in [2.75, 3.05) is 10.6 Å². The van der Waals surface area contributed by atoms with Crippen molar-refractivity contribution in [2.24, 2.45) is 0 Å². The van der Waals surface area contributed by atoms with Crippen LogP contribution in [-0.2, 0) is 9.59 Å². The molecule has 40 heavy (non-hydrogen) atoms.